The molecule has 22 heavy (non-hydrogen) atoms. The number of fused-ring (bicyclic) bond motifs is 1. The molecule has 0 unspecified atom stereocenters. The molecule has 0 spiro atoms. The van der Waals surface area contributed by atoms with E-state index in [1.807, 2.05) is 44.2 Å². The third-order valence-electron chi connectivity index (χ3n) is 3.71. The Bertz CT molecular complexity index is 893. The molecule has 3 aromatic rings. The highest BCUT2D eigenvalue weighted by Crippen LogP contribution is 2.19. The zero-order valence-corrected chi connectivity index (χ0v) is 13.1. The molecule has 0 atom stereocenters. The van der Waals surface area contributed by atoms with E-state index in [-0.39, 0.29) is 5.91 Å². The van der Waals surface area contributed by atoms with E-state index in [1.54, 1.807) is 23.0 Å². The average Bonchev–Trinajstić information content (AvgIpc) is 2.89. The number of allylic oxidation sites excluding steroid dienone is 1. The van der Waals surface area contributed by atoms with Gasteiger partial charge in [-0.25, -0.2) is 4.98 Å². The van der Waals surface area contributed by atoms with Crippen molar-refractivity contribution in [1.29, 1.82) is 0 Å². The number of nitrogens with zero attached hydrogens (tertiary/aromatic N) is 2. The summed E-state index contributed by atoms with van der Waals surface area (Å²) in [7, 11) is 0. The van der Waals surface area contributed by atoms with Gasteiger partial charge in [0.15, 0.2) is 0 Å². The fraction of sp³-hybridized carbons (Fsp3) is 0.111. The van der Waals surface area contributed by atoms with Crippen LogP contribution in [-0.2, 0) is 0 Å². The first-order valence-electron chi connectivity index (χ1n) is 6.97. The first-order chi connectivity index (χ1) is 10.6. The molecule has 0 saturated carbocycles. The van der Waals surface area contributed by atoms with Crippen molar-refractivity contribution >= 4 is 34.6 Å². The number of benzene rings is 2. The van der Waals surface area contributed by atoms with Crippen molar-refractivity contribution in [2.45, 2.75) is 13.8 Å². The van der Waals surface area contributed by atoms with Crippen molar-refractivity contribution in [3.05, 3.63) is 70.5 Å². The maximum atomic E-state index is 12.4. The van der Waals surface area contributed by atoms with Crippen LogP contribution in [0.4, 0.5) is 0 Å². The molecule has 0 saturated heterocycles. The molecule has 0 radical (unpaired) electrons. The van der Waals surface area contributed by atoms with E-state index in [4.69, 9.17) is 11.6 Å². The van der Waals surface area contributed by atoms with Crippen LogP contribution in [-0.4, -0.2) is 15.5 Å². The van der Waals surface area contributed by atoms with Gasteiger partial charge < -0.3 is 0 Å². The van der Waals surface area contributed by atoms with Gasteiger partial charge >= 0.3 is 0 Å². The number of halogens is 1. The summed E-state index contributed by atoms with van der Waals surface area (Å²) in [6.45, 7) is 4.06. The van der Waals surface area contributed by atoms with Gasteiger partial charge in [-0.3, -0.25) is 9.36 Å². The Morgan fingerprint density at radius 2 is 1.91 bits per heavy atom. The third-order valence-corrected chi connectivity index (χ3v) is 4.06. The minimum absolute atomic E-state index is 0.148. The lowest BCUT2D eigenvalue weighted by Crippen LogP contribution is -2.05. The predicted octanol–water partition coefficient (Wildman–Crippen LogP) is 4.66. The minimum atomic E-state index is -0.148. The maximum absolute atomic E-state index is 12.4. The second kappa shape index (κ2) is 5.78. The van der Waals surface area contributed by atoms with Gasteiger partial charge in [-0.15, -0.1) is 0 Å². The van der Waals surface area contributed by atoms with Gasteiger partial charge in [0.25, 0.3) is 5.91 Å². The smallest absolute Gasteiger partial charge is 0.256 e. The zero-order chi connectivity index (χ0) is 15.7. The zero-order valence-electron chi connectivity index (χ0n) is 12.4. The molecular formula is C18H15ClN2O. The van der Waals surface area contributed by atoms with Crippen molar-refractivity contribution in [1.82, 2.24) is 9.55 Å². The van der Waals surface area contributed by atoms with Crippen molar-refractivity contribution in [2.75, 3.05) is 0 Å². The first-order valence-corrected chi connectivity index (χ1v) is 7.35. The van der Waals surface area contributed by atoms with E-state index in [2.05, 4.69) is 4.98 Å². The van der Waals surface area contributed by atoms with Crippen LogP contribution in [0.1, 0.15) is 21.5 Å². The molecule has 1 heterocycles. The SMILES string of the molecule is Cc1cc2ncn(C(=O)/C=C/c3ccccc3Cl)c2cc1C. The van der Waals surface area contributed by atoms with Gasteiger partial charge in [0, 0.05) is 11.1 Å². The van der Waals surface area contributed by atoms with E-state index in [1.165, 1.54) is 6.08 Å². The lowest BCUT2D eigenvalue weighted by Gasteiger charge is -2.02. The van der Waals surface area contributed by atoms with Gasteiger partial charge in [-0.2, -0.15) is 0 Å². The summed E-state index contributed by atoms with van der Waals surface area (Å²) < 4.78 is 1.55. The standard InChI is InChI=1S/C18H15ClN2O/c1-12-9-16-17(10-13(12)2)21(11-20-16)18(22)8-7-14-5-3-4-6-15(14)19/h3-11H,1-2H3/b8-7+. The topological polar surface area (TPSA) is 34.9 Å². The summed E-state index contributed by atoms with van der Waals surface area (Å²) in [6.07, 6.45) is 4.79. The molecule has 3 rings (SSSR count). The van der Waals surface area contributed by atoms with E-state index in [0.29, 0.717) is 5.02 Å². The highest BCUT2D eigenvalue weighted by atomic mass is 35.5. The Labute approximate surface area is 133 Å². The van der Waals surface area contributed by atoms with Crippen LogP contribution in [0, 0.1) is 13.8 Å². The summed E-state index contributed by atoms with van der Waals surface area (Å²) in [6, 6.07) is 11.4. The molecule has 2 aromatic carbocycles. The Hall–Kier alpha value is -2.39. The number of aromatic nitrogens is 2. The van der Waals surface area contributed by atoms with Crippen molar-refractivity contribution in [3.8, 4) is 0 Å². The second-order valence-electron chi connectivity index (χ2n) is 5.23. The molecule has 110 valence electrons. The number of carbonyl (C=O) groups excluding carboxylic acids is 1. The van der Waals surface area contributed by atoms with E-state index < -0.39 is 0 Å². The van der Waals surface area contributed by atoms with Crippen LogP contribution in [0.5, 0.6) is 0 Å². The summed E-state index contributed by atoms with van der Waals surface area (Å²) in [5.41, 5.74) is 4.75. The number of imidazole rings is 1. The summed E-state index contributed by atoms with van der Waals surface area (Å²) in [5.74, 6) is -0.148. The largest absolute Gasteiger partial charge is 0.269 e. The Kier molecular flexibility index (Phi) is 3.82. The summed E-state index contributed by atoms with van der Waals surface area (Å²) >= 11 is 6.08. The van der Waals surface area contributed by atoms with E-state index in [0.717, 1.165) is 27.7 Å². The molecule has 0 N–H and O–H groups in total. The maximum Gasteiger partial charge on any atom is 0.256 e. The van der Waals surface area contributed by atoms with Gasteiger partial charge in [0.2, 0.25) is 0 Å². The van der Waals surface area contributed by atoms with Crippen LogP contribution < -0.4 is 0 Å². The van der Waals surface area contributed by atoms with E-state index >= 15 is 0 Å². The fourth-order valence-electron chi connectivity index (χ4n) is 2.29. The summed E-state index contributed by atoms with van der Waals surface area (Å²) in [5, 5.41) is 0.619. The van der Waals surface area contributed by atoms with Crippen LogP contribution >= 0.6 is 11.6 Å². The van der Waals surface area contributed by atoms with Crippen molar-refractivity contribution in [2.24, 2.45) is 0 Å². The van der Waals surface area contributed by atoms with E-state index in [9.17, 15) is 4.79 Å². The molecule has 4 heteroatoms. The van der Waals surface area contributed by atoms with Crippen molar-refractivity contribution in [3.63, 3.8) is 0 Å². The molecule has 0 fully saturated rings. The number of hydrogen-bond donors (Lipinski definition) is 0. The highest BCUT2D eigenvalue weighted by molar-refractivity contribution is 6.32. The Morgan fingerprint density at radius 1 is 1.18 bits per heavy atom. The number of rotatable bonds is 2. The van der Waals surface area contributed by atoms with Gasteiger partial charge in [0.05, 0.1) is 11.0 Å². The average molecular weight is 311 g/mol. The lowest BCUT2D eigenvalue weighted by atomic mass is 10.1. The van der Waals surface area contributed by atoms with Gasteiger partial charge in [0.1, 0.15) is 6.33 Å². The molecule has 0 amide bonds. The normalized spacial score (nSPS) is 11.4. The number of carbonyl (C=O) groups is 1. The first kappa shape index (κ1) is 14.5. The second-order valence-corrected chi connectivity index (χ2v) is 5.64. The molecule has 0 aliphatic rings. The van der Waals surface area contributed by atoms with Crippen molar-refractivity contribution < 1.29 is 4.79 Å². The molecule has 0 bridgehead atoms. The van der Waals surface area contributed by atoms with Crippen LogP contribution in [0.25, 0.3) is 17.1 Å². The van der Waals surface area contributed by atoms with Crippen LogP contribution in [0.15, 0.2) is 48.8 Å². The van der Waals surface area contributed by atoms with Crippen LogP contribution in [0.2, 0.25) is 5.02 Å². The van der Waals surface area contributed by atoms with Gasteiger partial charge in [-0.1, -0.05) is 29.8 Å². The predicted molar refractivity (Wildman–Crippen MR) is 90.3 cm³/mol. The summed E-state index contributed by atoms with van der Waals surface area (Å²) in [4.78, 5) is 16.7. The number of aryl methyl sites for hydroxylation is 2. The minimum Gasteiger partial charge on any atom is -0.269 e. The molecular weight excluding hydrogens is 296 g/mol. The monoisotopic (exact) mass is 310 g/mol. The lowest BCUT2D eigenvalue weighted by molar-refractivity contribution is 0.0974. The fourth-order valence-corrected chi connectivity index (χ4v) is 2.49. The quantitative estimate of drug-likeness (QED) is 0.645. The molecule has 0 aliphatic heterocycles. The van der Waals surface area contributed by atoms with Gasteiger partial charge in [-0.05, 0) is 54.8 Å². The Balaban J connectivity index is 1.96. The number of hydrogen-bond acceptors (Lipinski definition) is 2. The molecule has 0 aliphatic carbocycles. The third kappa shape index (κ3) is 2.68. The highest BCUT2D eigenvalue weighted by Gasteiger charge is 2.09. The molecule has 1 aromatic heterocycles. The molecule has 3 nitrogen and oxygen atoms in total. The van der Waals surface area contributed by atoms with Crippen LogP contribution in [0.3, 0.4) is 0 Å². The Morgan fingerprint density at radius 3 is 2.68 bits per heavy atom.